The Morgan fingerprint density at radius 2 is 1.80 bits per heavy atom. The Hall–Kier alpha value is -1.65. The molecule has 0 aromatic heterocycles. The van der Waals surface area contributed by atoms with E-state index in [0.29, 0.717) is 0 Å². The quantitative estimate of drug-likeness (QED) is 0.436. The molecular formula is C15H21NO4. The molecule has 5 nitrogen and oxygen atoms in total. The normalized spacial score (nSPS) is 25.6. The predicted molar refractivity (Wildman–Crippen MR) is 72.6 cm³/mol. The van der Waals surface area contributed by atoms with Crippen LogP contribution in [0.2, 0.25) is 0 Å². The van der Waals surface area contributed by atoms with Gasteiger partial charge in [0.15, 0.2) is 0 Å². The van der Waals surface area contributed by atoms with E-state index in [4.69, 9.17) is 4.74 Å². The lowest BCUT2D eigenvalue weighted by Crippen LogP contribution is -2.33. The summed E-state index contributed by atoms with van der Waals surface area (Å²) in [5.41, 5.74) is 0.762. The van der Waals surface area contributed by atoms with Gasteiger partial charge < -0.3 is 4.74 Å². The van der Waals surface area contributed by atoms with Gasteiger partial charge in [-0.1, -0.05) is 19.4 Å². The van der Waals surface area contributed by atoms with Crippen LogP contribution in [0.15, 0.2) is 12.2 Å². The minimum absolute atomic E-state index is 0.0597. The lowest BCUT2D eigenvalue weighted by atomic mass is 9.81. The Morgan fingerprint density at radius 1 is 1.25 bits per heavy atom. The minimum Gasteiger partial charge on any atom is -0.461 e. The van der Waals surface area contributed by atoms with E-state index in [0.717, 1.165) is 31.3 Å². The van der Waals surface area contributed by atoms with Crippen LogP contribution < -0.4 is 0 Å². The van der Waals surface area contributed by atoms with Crippen LogP contribution in [0.3, 0.4) is 0 Å². The Bertz CT molecular complexity index is 419. The SMILES string of the molecule is C=C(C)COC(=O)CCN1C(=O)C2CCCCC2C1=O. The number of rotatable bonds is 5. The fourth-order valence-electron chi connectivity index (χ4n) is 2.93. The van der Waals surface area contributed by atoms with Gasteiger partial charge in [0.1, 0.15) is 6.61 Å². The molecule has 2 amide bonds. The molecule has 0 bridgehead atoms. The third-order valence-corrected chi connectivity index (χ3v) is 3.95. The van der Waals surface area contributed by atoms with Crippen LogP contribution in [-0.2, 0) is 19.1 Å². The van der Waals surface area contributed by atoms with E-state index < -0.39 is 5.97 Å². The molecule has 0 radical (unpaired) electrons. The summed E-state index contributed by atoms with van der Waals surface area (Å²) in [5.74, 6) is -0.909. The topological polar surface area (TPSA) is 63.7 Å². The zero-order valence-corrected chi connectivity index (χ0v) is 11.9. The van der Waals surface area contributed by atoms with Gasteiger partial charge in [0, 0.05) is 6.54 Å². The number of hydrogen-bond donors (Lipinski definition) is 0. The molecule has 2 rings (SSSR count). The first-order valence-electron chi connectivity index (χ1n) is 7.16. The van der Waals surface area contributed by atoms with Gasteiger partial charge in [0.05, 0.1) is 18.3 Å². The van der Waals surface area contributed by atoms with Crippen molar-refractivity contribution >= 4 is 17.8 Å². The number of hydrogen-bond acceptors (Lipinski definition) is 4. The van der Waals surface area contributed by atoms with Gasteiger partial charge in [0.25, 0.3) is 0 Å². The Balaban J connectivity index is 1.86. The van der Waals surface area contributed by atoms with Crippen molar-refractivity contribution in [2.45, 2.75) is 39.0 Å². The monoisotopic (exact) mass is 279 g/mol. The number of fused-ring (bicyclic) bond motifs is 1. The van der Waals surface area contributed by atoms with Crippen molar-refractivity contribution in [1.29, 1.82) is 0 Å². The van der Waals surface area contributed by atoms with Crippen molar-refractivity contribution in [3.63, 3.8) is 0 Å². The van der Waals surface area contributed by atoms with Crippen molar-refractivity contribution in [1.82, 2.24) is 4.90 Å². The van der Waals surface area contributed by atoms with E-state index in [1.54, 1.807) is 6.92 Å². The maximum absolute atomic E-state index is 12.2. The number of amides is 2. The number of carbonyl (C=O) groups is 3. The highest BCUT2D eigenvalue weighted by Crippen LogP contribution is 2.37. The average Bonchev–Trinajstić information content (AvgIpc) is 2.67. The first kappa shape index (κ1) is 14.8. The highest BCUT2D eigenvalue weighted by Gasteiger charge is 2.47. The van der Waals surface area contributed by atoms with Crippen molar-refractivity contribution in [3.05, 3.63) is 12.2 Å². The fraction of sp³-hybridized carbons (Fsp3) is 0.667. The Morgan fingerprint density at radius 3 is 2.30 bits per heavy atom. The van der Waals surface area contributed by atoms with Crippen LogP contribution in [0.4, 0.5) is 0 Å². The lowest BCUT2D eigenvalue weighted by molar-refractivity contribution is -0.145. The summed E-state index contributed by atoms with van der Waals surface area (Å²) in [4.78, 5) is 37.1. The molecule has 0 aromatic carbocycles. The summed E-state index contributed by atoms with van der Waals surface area (Å²) < 4.78 is 4.96. The molecule has 1 aliphatic heterocycles. The van der Waals surface area contributed by atoms with Crippen LogP contribution in [0.25, 0.3) is 0 Å². The van der Waals surface area contributed by atoms with Gasteiger partial charge >= 0.3 is 5.97 Å². The van der Waals surface area contributed by atoms with Gasteiger partial charge in [-0.05, 0) is 25.3 Å². The maximum Gasteiger partial charge on any atom is 0.307 e. The molecule has 110 valence electrons. The number of esters is 1. The number of imide groups is 1. The average molecular weight is 279 g/mol. The van der Waals surface area contributed by atoms with Gasteiger partial charge in [-0.3, -0.25) is 19.3 Å². The van der Waals surface area contributed by atoms with Crippen LogP contribution in [0, 0.1) is 11.8 Å². The third kappa shape index (κ3) is 3.08. The molecule has 20 heavy (non-hydrogen) atoms. The molecule has 2 fully saturated rings. The van der Waals surface area contributed by atoms with Crippen LogP contribution in [0.1, 0.15) is 39.0 Å². The third-order valence-electron chi connectivity index (χ3n) is 3.95. The standard InChI is InChI=1S/C15H21NO4/c1-10(2)9-20-13(17)7-8-16-14(18)11-5-3-4-6-12(11)15(16)19/h11-12H,1,3-9H2,2H3. The van der Waals surface area contributed by atoms with Crippen molar-refractivity contribution < 1.29 is 19.1 Å². The molecule has 0 N–H and O–H groups in total. The second-order valence-electron chi connectivity index (χ2n) is 5.69. The second-order valence-corrected chi connectivity index (χ2v) is 5.69. The van der Waals surface area contributed by atoms with Crippen molar-refractivity contribution in [3.8, 4) is 0 Å². The Labute approximate surface area is 119 Å². The first-order valence-corrected chi connectivity index (χ1v) is 7.16. The summed E-state index contributed by atoms with van der Waals surface area (Å²) in [6, 6.07) is 0. The van der Waals surface area contributed by atoms with Crippen molar-refractivity contribution in [2.24, 2.45) is 11.8 Å². The molecule has 1 heterocycles. The van der Waals surface area contributed by atoms with Gasteiger partial charge in [-0.15, -0.1) is 0 Å². The largest absolute Gasteiger partial charge is 0.461 e. The molecule has 1 saturated heterocycles. The van der Waals surface area contributed by atoms with Gasteiger partial charge in [0.2, 0.25) is 11.8 Å². The van der Waals surface area contributed by atoms with E-state index >= 15 is 0 Å². The van der Waals surface area contributed by atoms with E-state index in [1.165, 1.54) is 4.90 Å². The number of nitrogens with zero attached hydrogens (tertiary/aromatic N) is 1. The summed E-state index contributed by atoms with van der Waals surface area (Å²) in [6.45, 7) is 5.74. The summed E-state index contributed by atoms with van der Waals surface area (Å²) in [6.07, 6.45) is 3.67. The summed E-state index contributed by atoms with van der Waals surface area (Å²) in [7, 11) is 0. The predicted octanol–water partition coefficient (Wildman–Crippen LogP) is 1.67. The number of likely N-dealkylation sites (tertiary alicyclic amines) is 1. The van der Waals surface area contributed by atoms with E-state index in [9.17, 15) is 14.4 Å². The zero-order valence-electron chi connectivity index (χ0n) is 11.9. The minimum atomic E-state index is -0.400. The zero-order chi connectivity index (χ0) is 14.7. The van der Waals surface area contributed by atoms with Gasteiger partial charge in [-0.25, -0.2) is 0 Å². The van der Waals surface area contributed by atoms with Crippen LogP contribution >= 0.6 is 0 Å². The van der Waals surface area contributed by atoms with Gasteiger partial charge in [-0.2, -0.15) is 0 Å². The van der Waals surface area contributed by atoms with Crippen LogP contribution in [-0.4, -0.2) is 35.8 Å². The summed E-state index contributed by atoms with van der Waals surface area (Å²) in [5, 5.41) is 0. The maximum atomic E-state index is 12.2. The summed E-state index contributed by atoms with van der Waals surface area (Å²) >= 11 is 0. The molecule has 5 heteroatoms. The number of carbonyl (C=O) groups excluding carboxylic acids is 3. The molecule has 2 aliphatic rings. The molecule has 0 aromatic rings. The second kappa shape index (κ2) is 6.20. The smallest absolute Gasteiger partial charge is 0.307 e. The van der Waals surface area contributed by atoms with E-state index in [-0.39, 0.29) is 43.2 Å². The molecule has 1 saturated carbocycles. The highest BCUT2D eigenvalue weighted by molar-refractivity contribution is 6.05. The van der Waals surface area contributed by atoms with E-state index in [1.807, 2.05) is 0 Å². The van der Waals surface area contributed by atoms with E-state index in [2.05, 4.69) is 6.58 Å². The number of ether oxygens (including phenoxy) is 1. The molecule has 2 unspecified atom stereocenters. The Kier molecular flexibility index (Phi) is 4.57. The molecule has 1 aliphatic carbocycles. The fourth-order valence-corrected chi connectivity index (χ4v) is 2.93. The first-order chi connectivity index (χ1) is 9.50. The molecule has 0 spiro atoms. The van der Waals surface area contributed by atoms with Crippen molar-refractivity contribution in [2.75, 3.05) is 13.2 Å². The highest BCUT2D eigenvalue weighted by atomic mass is 16.5. The van der Waals surface area contributed by atoms with Crippen LogP contribution in [0.5, 0.6) is 0 Å². The molecule has 2 atom stereocenters. The molecular weight excluding hydrogens is 258 g/mol. The lowest BCUT2D eigenvalue weighted by Gasteiger charge is -2.19.